The predicted molar refractivity (Wildman–Crippen MR) is 66.5 cm³/mol. The molecule has 0 atom stereocenters. The first-order chi connectivity index (χ1) is 8.43. The minimum absolute atomic E-state index is 0.207. The molecule has 1 aliphatic rings. The van der Waals surface area contributed by atoms with Crippen molar-refractivity contribution in [3.05, 3.63) is 48.2 Å². The number of nitrogens with zero attached hydrogens (tertiary/aromatic N) is 1. The lowest BCUT2D eigenvalue weighted by atomic mass is 10.1. The second kappa shape index (κ2) is 4.65. The number of hydrogen-bond donors (Lipinski definition) is 0. The average molecular weight is 227 g/mol. The van der Waals surface area contributed by atoms with Crippen LogP contribution in [0.1, 0.15) is 5.56 Å². The molecule has 1 aliphatic heterocycles. The molecule has 1 saturated heterocycles. The first-order valence-electron chi connectivity index (χ1n) is 5.69. The van der Waals surface area contributed by atoms with Crippen LogP contribution in [-0.4, -0.2) is 24.5 Å². The molecule has 0 N–H and O–H groups in total. The summed E-state index contributed by atoms with van der Waals surface area (Å²) in [6.45, 7) is 1.35. The number of fused-ring (bicyclic) bond motifs is 1. The molecular formula is C14H13NO2. The van der Waals surface area contributed by atoms with Crippen molar-refractivity contribution in [2.75, 3.05) is 13.2 Å². The minimum Gasteiger partial charge on any atom is -0.347 e. The van der Waals surface area contributed by atoms with Crippen LogP contribution in [0.25, 0.3) is 17.0 Å². The van der Waals surface area contributed by atoms with E-state index in [0.29, 0.717) is 13.2 Å². The number of ether oxygens (including phenoxy) is 2. The Bertz CT molecular complexity index is 539. The van der Waals surface area contributed by atoms with Crippen LogP contribution in [0.4, 0.5) is 0 Å². The largest absolute Gasteiger partial charge is 0.347 e. The second-order valence-electron chi connectivity index (χ2n) is 3.89. The first-order valence-corrected chi connectivity index (χ1v) is 5.69. The summed E-state index contributed by atoms with van der Waals surface area (Å²) < 4.78 is 10.7. The standard InChI is InChI=1S/C14H13NO2/c1-2-4-13-12(3-1)11(7-8-15-13)5-6-14-16-9-10-17-14/h1-8,14H,9-10H2/b6-5+. The van der Waals surface area contributed by atoms with Crippen molar-refractivity contribution in [3.8, 4) is 0 Å². The molecule has 0 radical (unpaired) electrons. The molecule has 3 nitrogen and oxygen atoms in total. The average Bonchev–Trinajstić information content (AvgIpc) is 2.89. The van der Waals surface area contributed by atoms with Gasteiger partial charge in [0.05, 0.1) is 18.7 Å². The van der Waals surface area contributed by atoms with Crippen LogP contribution in [0.15, 0.2) is 42.6 Å². The van der Waals surface area contributed by atoms with E-state index in [4.69, 9.17) is 9.47 Å². The van der Waals surface area contributed by atoms with Gasteiger partial charge in [0, 0.05) is 11.6 Å². The Hall–Kier alpha value is -1.71. The summed E-state index contributed by atoms with van der Waals surface area (Å²) in [5.41, 5.74) is 2.14. The Morgan fingerprint density at radius 2 is 1.94 bits per heavy atom. The Kier molecular flexibility index (Phi) is 2.86. The highest BCUT2D eigenvalue weighted by Crippen LogP contribution is 2.18. The summed E-state index contributed by atoms with van der Waals surface area (Å²) in [4.78, 5) is 4.33. The highest BCUT2D eigenvalue weighted by molar-refractivity contribution is 5.87. The molecule has 0 unspecified atom stereocenters. The fourth-order valence-corrected chi connectivity index (χ4v) is 1.93. The molecule has 3 heteroatoms. The number of aromatic nitrogens is 1. The van der Waals surface area contributed by atoms with Gasteiger partial charge >= 0.3 is 0 Å². The lowest BCUT2D eigenvalue weighted by Gasteiger charge is -2.03. The molecule has 0 bridgehead atoms. The fourth-order valence-electron chi connectivity index (χ4n) is 1.93. The van der Waals surface area contributed by atoms with Crippen LogP contribution >= 0.6 is 0 Å². The van der Waals surface area contributed by atoms with Crippen LogP contribution < -0.4 is 0 Å². The quantitative estimate of drug-likeness (QED) is 0.790. The van der Waals surface area contributed by atoms with Gasteiger partial charge in [-0.25, -0.2) is 0 Å². The number of hydrogen-bond acceptors (Lipinski definition) is 3. The third-order valence-corrected chi connectivity index (χ3v) is 2.76. The molecule has 0 amide bonds. The Labute approximate surface area is 99.7 Å². The van der Waals surface area contributed by atoms with Gasteiger partial charge in [-0.05, 0) is 23.8 Å². The second-order valence-corrected chi connectivity index (χ2v) is 3.89. The van der Waals surface area contributed by atoms with Crippen molar-refractivity contribution in [3.63, 3.8) is 0 Å². The van der Waals surface area contributed by atoms with Gasteiger partial charge in [-0.2, -0.15) is 0 Å². The van der Waals surface area contributed by atoms with Crippen molar-refractivity contribution in [1.29, 1.82) is 0 Å². The topological polar surface area (TPSA) is 31.4 Å². The minimum atomic E-state index is -0.207. The van der Waals surface area contributed by atoms with Crippen molar-refractivity contribution in [2.45, 2.75) is 6.29 Å². The van der Waals surface area contributed by atoms with E-state index in [1.807, 2.05) is 42.6 Å². The van der Waals surface area contributed by atoms with Crippen LogP contribution in [0.3, 0.4) is 0 Å². The Morgan fingerprint density at radius 3 is 2.82 bits per heavy atom. The van der Waals surface area contributed by atoms with E-state index >= 15 is 0 Å². The molecule has 1 fully saturated rings. The molecular weight excluding hydrogens is 214 g/mol. The van der Waals surface area contributed by atoms with Crippen molar-refractivity contribution in [2.24, 2.45) is 0 Å². The van der Waals surface area contributed by atoms with Crippen LogP contribution in [-0.2, 0) is 9.47 Å². The Balaban J connectivity index is 1.94. The normalized spacial score (nSPS) is 17.2. The monoisotopic (exact) mass is 227 g/mol. The molecule has 0 saturated carbocycles. The predicted octanol–water partition coefficient (Wildman–Crippen LogP) is 2.62. The van der Waals surface area contributed by atoms with E-state index in [9.17, 15) is 0 Å². The SMILES string of the molecule is C(=C\C1OCCO1)/c1ccnc2ccccc12. The summed E-state index contributed by atoms with van der Waals surface area (Å²) >= 11 is 0. The molecule has 3 rings (SSSR count). The van der Waals surface area contributed by atoms with Crippen LogP contribution in [0, 0.1) is 0 Å². The first kappa shape index (κ1) is 10.4. The van der Waals surface area contributed by atoms with E-state index in [1.54, 1.807) is 0 Å². The van der Waals surface area contributed by atoms with Crippen LogP contribution in [0.2, 0.25) is 0 Å². The van der Waals surface area contributed by atoms with Gasteiger partial charge in [-0.15, -0.1) is 0 Å². The maximum atomic E-state index is 5.36. The molecule has 1 aromatic heterocycles. The van der Waals surface area contributed by atoms with E-state index in [-0.39, 0.29) is 6.29 Å². The molecule has 1 aromatic carbocycles. The van der Waals surface area contributed by atoms with E-state index in [1.165, 1.54) is 0 Å². The molecule has 0 aliphatic carbocycles. The summed E-state index contributed by atoms with van der Waals surface area (Å²) in [5, 5.41) is 1.14. The number of para-hydroxylation sites is 1. The number of pyridine rings is 1. The molecule has 2 aromatic rings. The number of benzene rings is 1. The van der Waals surface area contributed by atoms with Crippen LogP contribution in [0.5, 0.6) is 0 Å². The molecule has 86 valence electrons. The Morgan fingerprint density at radius 1 is 1.12 bits per heavy atom. The van der Waals surface area contributed by atoms with Gasteiger partial charge in [0.2, 0.25) is 0 Å². The zero-order valence-electron chi connectivity index (χ0n) is 9.37. The third kappa shape index (κ3) is 2.20. The lowest BCUT2D eigenvalue weighted by molar-refractivity contribution is -0.000904. The van der Waals surface area contributed by atoms with Gasteiger partial charge in [0.1, 0.15) is 0 Å². The smallest absolute Gasteiger partial charge is 0.177 e. The zero-order valence-corrected chi connectivity index (χ0v) is 9.37. The summed E-state index contributed by atoms with van der Waals surface area (Å²) in [6.07, 6.45) is 5.58. The lowest BCUT2D eigenvalue weighted by Crippen LogP contribution is -2.01. The third-order valence-electron chi connectivity index (χ3n) is 2.76. The molecule has 2 heterocycles. The van der Waals surface area contributed by atoms with Gasteiger partial charge < -0.3 is 9.47 Å². The van der Waals surface area contributed by atoms with E-state index in [0.717, 1.165) is 16.5 Å². The maximum Gasteiger partial charge on any atom is 0.177 e. The molecule has 17 heavy (non-hydrogen) atoms. The van der Waals surface area contributed by atoms with Gasteiger partial charge in [-0.3, -0.25) is 4.98 Å². The number of rotatable bonds is 2. The summed E-state index contributed by atoms with van der Waals surface area (Å²) in [5.74, 6) is 0. The highest BCUT2D eigenvalue weighted by atomic mass is 16.7. The van der Waals surface area contributed by atoms with E-state index < -0.39 is 0 Å². The summed E-state index contributed by atoms with van der Waals surface area (Å²) in [7, 11) is 0. The highest BCUT2D eigenvalue weighted by Gasteiger charge is 2.11. The van der Waals surface area contributed by atoms with Gasteiger partial charge in [-0.1, -0.05) is 24.3 Å². The van der Waals surface area contributed by atoms with Gasteiger partial charge in [0.15, 0.2) is 6.29 Å². The molecule has 0 spiro atoms. The maximum absolute atomic E-state index is 5.36. The van der Waals surface area contributed by atoms with Crippen molar-refractivity contribution < 1.29 is 9.47 Å². The summed E-state index contributed by atoms with van der Waals surface area (Å²) in [6, 6.07) is 10.1. The van der Waals surface area contributed by atoms with Crippen molar-refractivity contribution in [1.82, 2.24) is 4.98 Å². The fraction of sp³-hybridized carbons (Fsp3) is 0.214. The van der Waals surface area contributed by atoms with E-state index in [2.05, 4.69) is 11.1 Å². The zero-order chi connectivity index (χ0) is 11.5. The van der Waals surface area contributed by atoms with Gasteiger partial charge in [0.25, 0.3) is 0 Å². The van der Waals surface area contributed by atoms with Crippen molar-refractivity contribution >= 4 is 17.0 Å².